The van der Waals surface area contributed by atoms with E-state index in [1.807, 2.05) is 11.6 Å². The van der Waals surface area contributed by atoms with Crippen molar-refractivity contribution in [3.63, 3.8) is 0 Å². The Hall–Kier alpha value is -1.73. The number of nitrogens with zero attached hydrogens (tertiary/aromatic N) is 2. The van der Waals surface area contributed by atoms with Crippen LogP contribution in [0.15, 0.2) is 17.2 Å². The Labute approximate surface area is 114 Å². The fourth-order valence-electron chi connectivity index (χ4n) is 2.29. The van der Waals surface area contributed by atoms with Crippen LogP contribution in [0, 0.1) is 5.92 Å². The number of carboxylic acid groups (broad SMARTS) is 2. The van der Waals surface area contributed by atoms with Crippen molar-refractivity contribution in [1.82, 2.24) is 9.88 Å². The van der Waals surface area contributed by atoms with E-state index in [-0.39, 0.29) is 0 Å². The van der Waals surface area contributed by atoms with E-state index in [4.69, 9.17) is 19.8 Å². The molecule has 1 aromatic heterocycles. The molecule has 0 spiro atoms. The minimum atomic E-state index is -1.82. The summed E-state index contributed by atoms with van der Waals surface area (Å²) in [5.74, 6) is -2.81. The molecular weight excluding hydrogens is 268 g/mol. The highest BCUT2D eigenvalue weighted by Crippen LogP contribution is 2.33. The van der Waals surface area contributed by atoms with Gasteiger partial charge in [-0.3, -0.25) is 4.90 Å². The molecule has 3 heterocycles. The molecule has 7 heteroatoms. The van der Waals surface area contributed by atoms with E-state index < -0.39 is 11.9 Å². The van der Waals surface area contributed by atoms with Gasteiger partial charge in [0, 0.05) is 24.7 Å². The van der Waals surface area contributed by atoms with Gasteiger partial charge in [0.2, 0.25) is 0 Å². The molecule has 2 saturated heterocycles. The van der Waals surface area contributed by atoms with Crippen LogP contribution in [0.4, 0.5) is 0 Å². The molecule has 102 valence electrons. The van der Waals surface area contributed by atoms with Crippen molar-refractivity contribution in [3.05, 3.63) is 22.2 Å². The van der Waals surface area contributed by atoms with Crippen LogP contribution in [0.2, 0.25) is 0 Å². The molecule has 2 N–H and O–H groups in total. The third-order valence-corrected chi connectivity index (χ3v) is 3.87. The Bertz CT molecular complexity index is 486. The maximum atomic E-state index is 9.10. The third kappa shape index (κ3) is 3.62. The van der Waals surface area contributed by atoms with E-state index in [0.717, 1.165) is 5.92 Å². The summed E-state index contributed by atoms with van der Waals surface area (Å²) in [5, 5.41) is 18.0. The van der Waals surface area contributed by atoms with Gasteiger partial charge in [0.25, 0.3) is 0 Å². The average Bonchev–Trinajstić information content (AvgIpc) is 3.06. The number of carbonyl (C=O) groups is 2. The third-order valence-electron chi connectivity index (χ3n) is 3.15. The Balaban J connectivity index is 0.000000192. The molecule has 0 amide bonds. The molecule has 0 aromatic carbocycles. The van der Waals surface area contributed by atoms with Gasteiger partial charge >= 0.3 is 11.9 Å². The second-order valence-electron chi connectivity index (χ2n) is 4.42. The zero-order valence-electron chi connectivity index (χ0n) is 10.2. The lowest BCUT2D eigenvalue weighted by atomic mass is 9.99. The van der Waals surface area contributed by atoms with Crippen molar-refractivity contribution >= 4 is 29.4 Å². The lowest BCUT2D eigenvalue weighted by Gasteiger charge is -2.13. The first kappa shape index (κ1) is 13.7. The van der Waals surface area contributed by atoms with Crippen LogP contribution in [0.5, 0.6) is 0 Å². The van der Waals surface area contributed by atoms with Gasteiger partial charge in [-0.25, -0.2) is 14.6 Å². The molecule has 2 bridgehead atoms. The Morgan fingerprint density at radius 1 is 1.42 bits per heavy atom. The van der Waals surface area contributed by atoms with Crippen LogP contribution in [-0.4, -0.2) is 51.7 Å². The van der Waals surface area contributed by atoms with Crippen molar-refractivity contribution in [1.29, 1.82) is 0 Å². The zero-order chi connectivity index (χ0) is 13.8. The SMILES string of the molecule is C(=C1CN2CCC1C2)c1nccs1.O=C(O)C(=O)O. The molecule has 2 unspecified atom stereocenters. The summed E-state index contributed by atoms with van der Waals surface area (Å²) in [7, 11) is 0. The molecule has 2 aliphatic heterocycles. The highest BCUT2D eigenvalue weighted by Gasteiger charge is 2.33. The fourth-order valence-corrected chi connectivity index (χ4v) is 2.90. The van der Waals surface area contributed by atoms with Crippen molar-refractivity contribution in [3.8, 4) is 0 Å². The summed E-state index contributed by atoms with van der Waals surface area (Å²) in [4.78, 5) is 25.0. The maximum Gasteiger partial charge on any atom is 0.414 e. The van der Waals surface area contributed by atoms with Crippen LogP contribution in [-0.2, 0) is 9.59 Å². The number of aromatic nitrogens is 1. The quantitative estimate of drug-likeness (QED) is 0.747. The highest BCUT2D eigenvalue weighted by atomic mass is 32.1. The van der Waals surface area contributed by atoms with Gasteiger partial charge in [0.1, 0.15) is 5.01 Å². The zero-order valence-corrected chi connectivity index (χ0v) is 11.0. The second kappa shape index (κ2) is 5.94. The molecule has 0 aliphatic carbocycles. The van der Waals surface area contributed by atoms with Crippen molar-refractivity contribution in [2.45, 2.75) is 6.42 Å². The summed E-state index contributed by atoms with van der Waals surface area (Å²) in [6, 6.07) is 0. The number of thiazole rings is 1. The lowest BCUT2D eigenvalue weighted by molar-refractivity contribution is -0.159. The van der Waals surface area contributed by atoms with Crippen molar-refractivity contribution in [2.75, 3.05) is 19.6 Å². The molecule has 2 atom stereocenters. The predicted octanol–water partition coefficient (Wildman–Crippen LogP) is 1.02. The van der Waals surface area contributed by atoms with Gasteiger partial charge < -0.3 is 10.2 Å². The van der Waals surface area contributed by atoms with Crippen LogP contribution in [0.1, 0.15) is 11.4 Å². The standard InChI is InChI=1S/C10H12N2S.C2H2O4/c1-3-12-6-8(1)9(7-12)5-10-11-2-4-13-10;3-1(4)2(5)6/h2,4-5,8H,1,3,6-7H2;(H,3,4)(H,5,6). The topological polar surface area (TPSA) is 90.7 Å². The first-order valence-electron chi connectivity index (χ1n) is 5.85. The number of fused-ring (bicyclic) bond motifs is 2. The number of carboxylic acids is 2. The molecule has 0 radical (unpaired) electrons. The summed E-state index contributed by atoms with van der Waals surface area (Å²) < 4.78 is 0. The van der Waals surface area contributed by atoms with Gasteiger partial charge in [-0.1, -0.05) is 0 Å². The Morgan fingerprint density at radius 2 is 2.16 bits per heavy atom. The first-order chi connectivity index (χ1) is 9.06. The molecule has 2 fully saturated rings. The van der Waals surface area contributed by atoms with E-state index in [2.05, 4.69) is 16.0 Å². The van der Waals surface area contributed by atoms with Gasteiger partial charge in [0.05, 0.1) is 0 Å². The number of aliphatic carboxylic acids is 2. The monoisotopic (exact) mass is 282 g/mol. The molecule has 1 aromatic rings. The summed E-state index contributed by atoms with van der Waals surface area (Å²) in [6.45, 7) is 3.78. The normalized spacial score (nSPS) is 26.0. The lowest BCUT2D eigenvalue weighted by Crippen LogP contribution is -2.17. The van der Waals surface area contributed by atoms with Gasteiger partial charge in [0.15, 0.2) is 0 Å². The van der Waals surface area contributed by atoms with E-state index in [9.17, 15) is 0 Å². The van der Waals surface area contributed by atoms with E-state index >= 15 is 0 Å². The van der Waals surface area contributed by atoms with Gasteiger partial charge in [-0.05, 0) is 30.5 Å². The minimum absolute atomic E-state index is 0.837. The summed E-state index contributed by atoms with van der Waals surface area (Å²) >= 11 is 1.73. The van der Waals surface area contributed by atoms with Gasteiger partial charge in [-0.2, -0.15) is 0 Å². The predicted molar refractivity (Wildman–Crippen MR) is 69.9 cm³/mol. The van der Waals surface area contributed by atoms with Gasteiger partial charge in [-0.15, -0.1) is 11.3 Å². The number of hydrogen-bond donors (Lipinski definition) is 2. The van der Waals surface area contributed by atoms with E-state index in [0.29, 0.717) is 0 Å². The van der Waals surface area contributed by atoms with E-state index in [1.54, 1.807) is 16.9 Å². The smallest absolute Gasteiger partial charge is 0.414 e. The molecule has 3 rings (SSSR count). The number of hydrogen-bond acceptors (Lipinski definition) is 5. The largest absolute Gasteiger partial charge is 0.473 e. The molecule has 2 aliphatic rings. The second-order valence-corrected chi connectivity index (χ2v) is 5.35. The maximum absolute atomic E-state index is 9.10. The number of piperidine rings is 1. The molecule has 6 nitrogen and oxygen atoms in total. The van der Waals surface area contributed by atoms with Crippen LogP contribution in [0.3, 0.4) is 0 Å². The molecular formula is C12H14N2O4S. The van der Waals surface area contributed by atoms with Crippen molar-refractivity contribution in [2.24, 2.45) is 5.92 Å². The van der Waals surface area contributed by atoms with Crippen LogP contribution < -0.4 is 0 Å². The Morgan fingerprint density at radius 3 is 2.58 bits per heavy atom. The van der Waals surface area contributed by atoms with E-state index in [1.165, 1.54) is 31.1 Å². The average molecular weight is 282 g/mol. The van der Waals surface area contributed by atoms with Crippen LogP contribution >= 0.6 is 11.3 Å². The van der Waals surface area contributed by atoms with Crippen molar-refractivity contribution < 1.29 is 19.8 Å². The number of rotatable bonds is 1. The van der Waals surface area contributed by atoms with Crippen LogP contribution in [0.25, 0.3) is 6.08 Å². The minimum Gasteiger partial charge on any atom is -0.473 e. The highest BCUT2D eigenvalue weighted by molar-refractivity contribution is 7.10. The first-order valence-corrected chi connectivity index (χ1v) is 6.72. The fraction of sp³-hybridized carbons (Fsp3) is 0.417. The summed E-state index contributed by atoms with van der Waals surface area (Å²) in [6.07, 6.45) is 5.52. The summed E-state index contributed by atoms with van der Waals surface area (Å²) in [5.41, 5.74) is 1.60. The Kier molecular flexibility index (Phi) is 4.28. The molecule has 19 heavy (non-hydrogen) atoms. The molecule has 0 saturated carbocycles.